The topological polar surface area (TPSA) is 89.5 Å². The Labute approximate surface area is 125 Å². The van der Waals surface area contributed by atoms with Crippen LogP contribution >= 0.6 is 0 Å². The molecule has 0 aromatic heterocycles. The smallest absolute Gasteiger partial charge is 0.269 e. The van der Waals surface area contributed by atoms with E-state index in [-0.39, 0.29) is 23.6 Å². The number of nitro benzene ring substituents is 1. The summed E-state index contributed by atoms with van der Waals surface area (Å²) in [7, 11) is 0. The van der Waals surface area contributed by atoms with Crippen molar-refractivity contribution in [3.8, 4) is 0 Å². The maximum Gasteiger partial charge on any atom is 0.269 e. The van der Waals surface area contributed by atoms with Crippen LogP contribution in [0.4, 0.5) is 5.69 Å². The summed E-state index contributed by atoms with van der Waals surface area (Å²) < 4.78 is 0. The van der Waals surface area contributed by atoms with Crippen LogP contribution in [0.1, 0.15) is 33.3 Å². The molecular weight excluding hydrogens is 270 g/mol. The molecule has 1 aromatic carbocycles. The molecule has 6 heteroatoms. The van der Waals surface area contributed by atoms with E-state index in [4.69, 9.17) is 5.73 Å². The normalized spacial score (nSPS) is 12.5. The van der Waals surface area contributed by atoms with Crippen molar-refractivity contribution in [2.45, 2.75) is 46.3 Å². The Morgan fingerprint density at radius 2 is 1.95 bits per heavy atom. The lowest BCUT2D eigenvalue weighted by molar-refractivity contribution is -0.384. The maximum atomic E-state index is 12.4. The van der Waals surface area contributed by atoms with Gasteiger partial charge in [0.05, 0.1) is 11.0 Å². The summed E-state index contributed by atoms with van der Waals surface area (Å²) in [5.41, 5.74) is 6.68. The molecule has 0 saturated carbocycles. The minimum atomic E-state index is -0.564. The van der Waals surface area contributed by atoms with Crippen molar-refractivity contribution >= 4 is 11.6 Å². The van der Waals surface area contributed by atoms with E-state index in [2.05, 4.69) is 0 Å². The molecule has 0 spiro atoms. The molecule has 0 heterocycles. The largest absolute Gasteiger partial charge is 0.335 e. The highest BCUT2D eigenvalue weighted by Gasteiger charge is 2.25. The van der Waals surface area contributed by atoms with Crippen LogP contribution in [0.3, 0.4) is 0 Å². The number of carbonyl (C=O) groups is 1. The highest BCUT2D eigenvalue weighted by atomic mass is 16.6. The van der Waals surface area contributed by atoms with Gasteiger partial charge in [0, 0.05) is 24.7 Å². The average Bonchev–Trinajstić information content (AvgIpc) is 2.43. The van der Waals surface area contributed by atoms with Gasteiger partial charge in [-0.1, -0.05) is 26.0 Å². The Morgan fingerprint density at radius 3 is 2.43 bits per heavy atom. The van der Waals surface area contributed by atoms with Gasteiger partial charge in [-0.2, -0.15) is 0 Å². The van der Waals surface area contributed by atoms with Gasteiger partial charge in [0.1, 0.15) is 0 Å². The van der Waals surface area contributed by atoms with Crippen LogP contribution in [0.25, 0.3) is 0 Å². The molecule has 21 heavy (non-hydrogen) atoms. The van der Waals surface area contributed by atoms with Gasteiger partial charge in [-0.05, 0) is 25.3 Å². The first-order valence-electron chi connectivity index (χ1n) is 7.03. The predicted octanol–water partition coefficient (Wildman–Crippen LogP) is 2.32. The fourth-order valence-electron chi connectivity index (χ4n) is 1.96. The summed E-state index contributed by atoms with van der Waals surface area (Å²) in [6.07, 6.45) is 0. The van der Waals surface area contributed by atoms with E-state index in [1.807, 2.05) is 27.7 Å². The molecule has 2 N–H and O–H groups in total. The Kier molecular flexibility index (Phi) is 5.84. The summed E-state index contributed by atoms with van der Waals surface area (Å²) >= 11 is 0. The number of nitro groups is 1. The van der Waals surface area contributed by atoms with E-state index in [0.29, 0.717) is 6.54 Å². The van der Waals surface area contributed by atoms with E-state index in [1.165, 1.54) is 12.1 Å². The third kappa shape index (κ3) is 4.53. The van der Waals surface area contributed by atoms with Crippen LogP contribution in [0, 0.1) is 16.0 Å². The lowest BCUT2D eigenvalue weighted by Crippen LogP contribution is -2.48. The first-order chi connectivity index (χ1) is 9.73. The first kappa shape index (κ1) is 17.1. The molecule has 116 valence electrons. The molecule has 1 unspecified atom stereocenters. The molecule has 0 aliphatic rings. The zero-order valence-corrected chi connectivity index (χ0v) is 12.9. The van der Waals surface area contributed by atoms with Crippen molar-refractivity contribution in [3.63, 3.8) is 0 Å². The molecule has 0 aliphatic heterocycles. The summed E-state index contributed by atoms with van der Waals surface area (Å²) in [5, 5.41) is 10.8. The molecule has 1 atom stereocenters. The van der Waals surface area contributed by atoms with Crippen LogP contribution in [-0.4, -0.2) is 27.8 Å². The van der Waals surface area contributed by atoms with E-state index >= 15 is 0 Å². The summed E-state index contributed by atoms with van der Waals surface area (Å²) in [4.78, 5) is 24.4. The standard InChI is InChI=1S/C15H23N3O3/c1-10(2)14(16)15(19)17(11(3)4)9-12-6-5-7-13(8-12)18(20)21/h5-8,10-11,14H,9,16H2,1-4H3. The van der Waals surface area contributed by atoms with Gasteiger partial charge in [0.2, 0.25) is 5.91 Å². The van der Waals surface area contributed by atoms with Gasteiger partial charge in [0.25, 0.3) is 5.69 Å². The van der Waals surface area contributed by atoms with Gasteiger partial charge < -0.3 is 10.6 Å². The fraction of sp³-hybridized carbons (Fsp3) is 0.533. The minimum Gasteiger partial charge on any atom is -0.335 e. The molecule has 0 radical (unpaired) electrons. The molecule has 6 nitrogen and oxygen atoms in total. The monoisotopic (exact) mass is 293 g/mol. The fourth-order valence-corrected chi connectivity index (χ4v) is 1.96. The van der Waals surface area contributed by atoms with Crippen LogP contribution in [0.15, 0.2) is 24.3 Å². The van der Waals surface area contributed by atoms with Crippen LogP contribution in [0.5, 0.6) is 0 Å². The zero-order chi connectivity index (χ0) is 16.2. The van der Waals surface area contributed by atoms with Gasteiger partial charge in [-0.3, -0.25) is 14.9 Å². The molecule has 0 saturated heterocycles. The Bertz CT molecular complexity index is 515. The van der Waals surface area contributed by atoms with Crippen molar-refractivity contribution in [3.05, 3.63) is 39.9 Å². The van der Waals surface area contributed by atoms with Gasteiger partial charge in [-0.15, -0.1) is 0 Å². The number of carbonyl (C=O) groups excluding carboxylic acids is 1. The number of rotatable bonds is 6. The molecular formula is C15H23N3O3. The number of benzene rings is 1. The van der Waals surface area contributed by atoms with Crippen LogP contribution in [-0.2, 0) is 11.3 Å². The van der Waals surface area contributed by atoms with E-state index < -0.39 is 11.0 Å². The molecule has 1 rings (SSSR count). The number of amides is 1. The van der Waals surface area contributed by atoms with Crippen molar-refractivity contribution in [2.24, 2.45) is 11.7 Å². The van der Waals surface area contributed by atoms with Gasteiger partial charge in [0.15, 0.2) is 0 Å². The molecule has 0 bridgehead atoms. The first-order valence-corrected chi connectivity index (χ1v) is 7.03. The maximum absolute atomic E-state index is 12.4. The zero-order valence-electron chi connectivity index (χ0n) is 12.9. The molecule has 1 aromatic rings. The van der Waals surface area contributed by atoms with Crippen molar-refractivity contribution in [1.29, 1.82) is 0 Å². The Balaban J connectivity index is 2.96. The number of nitrogens with two attached hydrogens (primary N) is 1. The SMILES string of the molecule is CC(C)C(N)C(=O)N(Cc1cccc([N+](=O)[O-])c1)C(C)C. The average molecular weight is 293 g/mol. The summed E-state index contributed by atoms with van der Waals surface area (Å²) in [5.74, 6) is -0.0876. The van der Waals surface area contributed by atoms with Gasteiger partial charge >= 0.3 is 0 Å². The third-order valence-corrected chi connectivity index (χ3v) is 3.38. The molecule has 1 amide bonds. The molecule has 0 aliphatic carbocycles. The number of hydrogen-bond donors (Lipinski definition) is 1. The third-order valence-electron chi connectivity index (χ3n) is 3.38. The quantitative estimate of drug-likeness (QED) is 0.643. The number of nitrogens with zero attached hydrogens (tertiary/aromatic N) is 2. The highest BCUT2D eigenvalue weighted by Crippen LogP contribution is 2.17. The van der Waals surface area contributed by atoms with Crippen LogP contribution < -0.4 is 5.73 Å². The summed E-state index contributed by atoms with van der Waals surface area (Å²) in [6.45, 7) is 7.92. The Morgan fingerprint density at radius 1 is 1.33 bits per heavy atom. The van der Waals surface area contributed by atoms with E-state index in [0.717, 1.165) is 5.56 Å². The van der Waals surface area contributed by atoms with Crippen molar-refractivity contribution in [2.75, 3.05) is 0 Å². The second kappa shape index (κ2) is 7.17. The van der Waals surface area contributed by atoms with Gasteiger partial charge in [-0.25, -0.2) is 0 Å². The van der Waals surface area contributed by atoms with Crippen LogP contribution in [0.2, 0.25) is 0 Å². The minimum absolute atomic E-state index is 0.0248. The number of hydrogen-bond acceptors (Lipinski definition) is 4. The highest BCUT2D eigenvalue weighted by molar-refractivity contribution is 5.82. The van der Waals surface area contributed by atoms with Crippen molar-refractivity contribution < 1.29 is 9.72 Å². The summed E-state index contributed by atoms with van der Waals surface area (Å²) in [6, 6.07) is 5.73. The molecule has 0 fully saturated rings. The lowest BCUT2D eigenvalue weighted by atomic mass is 10.0. The predicted molar refractivity (Wildman–Crippen MR) is 81.6 cm³/mol. The lowest BCUT2D eigenvalue weighted by Gasteiger charge is -2.30. The second-order valence-electron chi connectivity index (χ2n) is 5.76. The number of non-ortho nitro benzene ring substituents is 1. The van der Waals surface area contributed by atoms with E-state index in [9.17, 15) is 14.9 Å². The van der Waals surface area contributed by atoms with Crippen molar-refractivity contribution in [1.82, 2.24) is 4.90 Å². The second-order valence-corrected chi connectivity index (χ2v) is 5.76. The van der Waals surface area contributed by atoms with E-state index in [1.54, 1.807) is 17.0 Å². The Hall–Kier alpha value is -1.95.